The Morgan fingerprint density at radius 3 is 2.36 bits per heavy atom. The standard InChI is InChI=1S/C21H27ClFNO4S.C6H5Cl/c1-21(2,3)29-11-17(12-4-5-12)24-16(13-6-7-14(22)15(23)8-13)10-28-18(20(24)27)9-19(25)26;7-6-4-2-1-3-5-6/h6-8,12,16-18H,4-5,9-11H2,1-3H3,(H,25,26);1-5H. The molecule has 0 bridgehead atoms. The van der Waals surface area contributed by atoms with Crippen molar-refractivity contribution in [1.82, 2.24) is 4.90 Å². The van der Waals surface area contributed by atoms with Crippen LogP contribution in [0.25, 0.3) is 0 Å². The Hall–Kier alpha value is -1.80. The molecule has 1 heterocycles. The number of aliphatic carboxylic acids is 1. The van der Waals surface area contributed by atoms with Gasteiger partial charge in [-0.25, -0.2) is 4.39 Å². The topological polar surface area (TPSA) is 66.8 Å². The highest BCUT2D eigenvalue weighted by Gasteiger charge is 2.46. The molecule has 1 amide bonds. The number of morpholine rings is 1. The van der Waals surface area contributed by atoms with E-state index in [1.807, 2.05) is 30.3 Å². The first-order chi connectivity index (χ1) is 17.0. The highest BCUT2D eigenvalue weighted by atomic mass is 35.5. The van der Waals surface area contributed by atoms with E-state index < -0.39 is 23.9 Å². The molecule has 3 unspecified atom stereocenters. The fourth-order valence-corrected chi connectivity index (χ4v) is 5.40. The average Bonchev–Trinajstić information content (AvgIpc) is 3.63. The molecule has 0 aromatic heterocycles. The van der Waals surface area contributed by atoms with Gasteiger partial charge in [0, 0.05) is 21.6 Å². The van der Waals surface area contributed by atoms with Gasteiger partial charge >= 0.3 is 5.97 Å². The fraction of sp³-hybridized carbons (Fsp3) is 0.481. The third-order valence-electron chi connectivity index (χ3n) is 5.95. The van der Waals surface area contributed by atoms with Crippen molar-refractivity contribution in [3.63, 3.8) is 0 Å². The second-order valence-corrected chi connectivity index (χ2v) is 12.7. The molecule has 2 fully saturated rings. The van der Waals surface area contributed by atoms with Gasteiger partial charge < -0.3 is 14.7 Å². The number of carbonyl (C=O) groups is 2. The van der Waals surface area contributed by atoms with Crippen LogP contribution in [0.15, 0.2) is 48.5 Å². The van der Waals surface area contributed by atoms with Crippen molar-refractivity contribution in [2.75, 3.05) is 12.4 Å². The van der Waals surface area contributed by atoms with Crippen molar-refractivity contribution < 1.29 is 23.8 Å². The zero-order valence-corrected chi connectivity index (χ0v) is 23.0. The zero-order chi connectivity index (χ0) is 26.5. The van der Waals surface area contributed by atoms with Crippen LogP contribution in [0.3, 0.4) is 0 Å². The summed E-state index contributed by atoms with van der Waals surface area (Å²) in [7, 11) is 0. The van der Waals surface area contributed by atoms with E-state index in [1.165, 1.54) is 12.1 Å². The molecule has 5 nitrogen and oxygen atoms in total. The Bertz CT molecular complexity index is 1050. The molecular formula is C27H32Cl2FNO4S. The van der Waals surface area contributed by atoms with Crippen molar-refractivity contribution in [2.45, 2.75) is 63.0 Å². The summed E-state index contributed by atoms with van der Waals surface area (Å²) in [5.41, 5.74) is 0.612. The molecule has 2 aromatic rings. The molecule has 1 aliphatic heterocycles. The number of nitrogens with zero attached hydrogens (tertiary/aromatic N) is 1. The number of carboxylic acid groups (broad SMARTS) is 1. The summed E-state index contributed by atoms with van der Waals surface area (Å²) >= 11 is 13.1. The number of amides is 1. The summed E-state index contributed by atoms with van der Waals surface area (Å²) in [6, 6.07) is 13.5. The van der Waals surface area contributed by atoms with Gasteiger partial charge in [0.1, 0.15) is 11.9 Å². The van der Waals surface area contributed by atoms with Crippen molar-refractivity contribution in [3.05, 3.63) is 70.0 Å². The van der Waals surface area contributed by atoms with Crippen molar-refractivity contribution >= 4 is 46.8 Å². The lowest BCUT2D eigenvalue weighted by atomic mass is 9.98. The van der Waals surface area contributed by atoms with E-state index in [0.717, 1.165) is 23.6 Å². The van der Waals surface area contributed by atoms with Crippen molar-refractivity contribution in [1.29, 1.82) is 0 Å². The van der Waals surface area contributed by atoms with Crippen LogP contribution in [0, 0.1) is 11.7 Å². The molecule has 36 heavy (non-hydrogen) atoms. The number of thioether (sulfide) groups is 1. The molecule has 0 spiro atoms. The maximum absolute atomic E-state index is 14.1. The van der Waals surface area contributed by atoms with E-state index in [1.54, 1.807) is 22.7 Å². The van der Waals surface area contributed by atoms with Gasteiger partial charge in [0.15, 0.2) is 0 Å². The third kappa shape index (κ3) is 8.37. The molecule has 2 aromatic carbocycles. The number of rotatable bonds is 7. The Balaban J connectivity index is 0.000000444. The quantitative estimate of drug-likeness (QED) is 0.403. The van der Waals surface area contributed by atoms with Crippen LogP contribution in [0.1, 0.15) is 51.6 Å². The minimum absolute atomic E-state index is 0.0224. The summed E-state index contributed by atoms with van der Waals surface area (Å²) in [5, 5.41) is 9.99. The van der Waals surface area contributed by atoms with Crippen molar-refractivity contribution in [2.24, 2.45) is 5.92 Å². The minimum Gasteiger partial charge on any atom is -0.481 e. The molecule has 1 saturated carbocycles. The first-order valence-electron chi connectivity index (χ1n) is 11.9. The van der Waals surface area contributed by atoms with Crippen LogP contribution in [-0.2, 0) is 14.3 Å². The number of hydrogen-bond acceptors (Lipinski definition) is 4. The van der Waals surface area contributed by atoms with Crippen LogP contribution in [0.4, 0.5) is 4.39 Å². The molecule has 0 radical (unpaired) electrons. The van der Waals surface area contributed by atoms with E-state index in [4.69, 9.17) is 27.9 Å². The summed E-state index contributed by atoms with van der Waals surface area (Å²) < 4.78 is 19.8. The molecular weight excluding hydrogens is 524 g/mol. The van der Waals surface area contributed by atoms with Crippen LogP contribution < -0.4 is 0 Å². The van der Waals surface area contributed by atoms with Gasteiger partial charge in [-0.2, -0.15) is 11.8 Å². The van der Waals surface area contributed by atoms with Crippen molar-refractivity contribution in [3.8, 4) is 0 Å². The number of benzene rings is 2. The smallest absolute Gasteiger partial charge is 0.306 e. The van der Waals surface area contributed by atoms with E-state index in [-0.39, 0.29) is 34.7 Å². The van der Waals surface area contributed by atoms with Gasteiger partial charge in [0.05, 0.1) is 24.1 Å². The molecule has 9 heteroatoms. The molecule has 1 N–H and O–H groups in total. The number of halogens is 3. The maximum atomic E-state index is 14.1. The lowest BCUT2D eigenvalue weighted by Gasteiger charge is -2.44. The number of carboxylic acids is 1. The fourth-order valence-electron chi connectivity index (χ4n) is 4.03. The second-order valence-electron chi connectivity index (χ2n) is 9.98. The second kappa shape index (κ2) is 12.6. The van der Waals surface area contributed by atoms with E-state index >= 15 is 0 Å². The van der Waals surface area contributed by atoms with Gasteiger partial charge in [-0.05, 0) is 48.6 Å². The van der Waals surface area contributed by atoms with E-state index in [2.05, 4.69) is 20.8 Å². The Morgan fingerprint density at radius 2 is 1.86 bits per heavy atom. The summed E-state index contributed by atoms with van der Waals surface area (Å²) in [6.45, 7) is 6.51. The number of ether oxygens (including phenoxy) is 1. The highest BCUT2D eigenvalue weighted by Crippen LogP contribution is 2.43. The molecule has 1 aliphatic carbocycles. The minimum atomic E-state index is -1.08. The average molecular weight is 557 g/mol. The first kappa shape index (κ1) is 28.8. The molecule has 3 atom stereocenters. The normalized spacial score (nSPS) is 20.9. The molecule has 4 rings (SSSR count). The summed E-state index contributed by atoms with van der Waals surface area (Å²) in [4.78, 5) is 26.3. The maximum Gasteiger partial charge on any atom is 0.306 e. The van der Waals surface area contributed by atoms with Crippen LogP contribution in [0.5, 0.6) is 0 Å². The highest BCUT2D eigenvalue weighted by molar-refractivity contribution is 8.00. The monoisotopic (exact) mass is 555 g/mol. The predicted octanol–water partition coefficient (Wildman–Crippen LogP) is 6.87. The Labute approximate surface area is 226 Å². The van der Waals surface area contributed by atoms with E-state index in [0.29, 0.717) is 11.5 Å². The van der Waals surface area contributed by atoms with Gasteiger partial charge in [0.25, 0.3) is 5.91 Å². The van der Waals surface area contributed by atoms with Crippen LogP contribution in [-0.4, -0.2) is 51.1 Å². The molecule has 196 valence electrons. The first-order valence-corrected chi connectivity index (χ1v) is 13.7. The summed E-state index contributed by atoms with van der Waals surface area (Å²) in [5.74, 6) is -0.836. The Morgan fingerprint density at radius 1 is 1.19 bits per heavy atom. The number of hydrogen-bond donors (Lipinski definition) is 1. The lowest BCUT2D eigenvalue weighted by Crippen LogP contribution is -2.55. The molecule has 2 aliphatic rings. The van der Waals surface area contributed by atoms with Crippen LogP contribution >= 0.6 is 35.0 Å². The SMILES string of the molecule is CC(C)(C)SCC(C1CC1)N1C(=O)C(CC(=O)O)OCC1c1ccc(Cl)c(F)c1.Clc1ccccc1. The Kier molecular flexibility index (Phi) is 10.1. The molecule has 1 saturated heterocycles. The number of carbonyl (C=O) groups excluding carboxylic acids is 1. The van der Waals surface area contributed by atoms with E-state index in [9.17, 15) is 19.1 Å². The van der Waals surface area contributed by atoms with Gasteiger partial charge in [0.2, 0.25) is 0 Å². The van der Waals surface area contributed by atoms with Crippen LogP contribution in [0.2, 0.25) is 10.0 Å². The van der Waals surface area contributed by atoms with Gasteiger partial charge in [-0.3, -0.25) is 9.59 Å². The zero-order valence-electron chi connectivity index (χ0n) is 20.6. The third-order valence-corrected chi connectivity index (χ3v) is 7.89. The largest absolute Gasteiger partial charge is 0.481 e. The lowest BCUT2D eigenvalue weighted by molar-refractivity contribution is -0.169. The van der Waals surface area contributed by atoms with Gasteiger partial charge in [-0.1, -0.05) is 68.2 Å². The predicted molar refractivity (Wildman–Crippen MR) is 143 cm³/mol. The summed E-state index contributed by atoms with van der Waals surface area (Å²) in [6.07, 6.45) is 0.680. The van der Waals surface area contributed by atoms with Gasteiger partial charge in [-0.15, -0.1) is 0 Å².